The van der Waals surface area contributed by atoms with E-state index in [1.807, 2.05) is 0 Å². The van der Waals surface area contributed by atoms with E-state index in [2.05, 4.69) is 10.3 Å². The van der Waals surface area contributed by atoms with Gasteiger partial charge in [0.2, 0.25) is 0 Å². The molecule has 7 heteroatoms. The number of benzene rings is 2. The van der Waals surface area contributed by atoms with Gasteiger partial charge in [-0.2, -0.15) is 0 Å². The van der Waals surface area contributed by atoms with Crippen molar-refractivity contribution in [1.82, 2.24) is 9.88 Å². The van der Waals surface area contributed by atoms with Gasteiger partial charge in [0.1, 0.15) is 5.69 Å². The average molecular weight is 360 g/mol. The third-order valence-electron chi connectivity index (χ3n) is 4.44. The zero-order valence-electron chi connectivity index (χ0n) is 14.3. The Bertz CT molecular complexity index is 1080. The van der Waals surface area contributed by atoms with E-state index < -0.39 is 5.91 Å². The molecule has 0 fully saturated rings. The van der Waals surface area contributed by atoms with Gasteiger partial charge in [0, 0.05) is 35.9 Å². The van der Waals surface area contributed by atoms with E-state index in [9.17, 15) is 14.4 Å². The zero-order valence-corrected chi connectivity index (χ0v) is 14.3. The van der Waals surface area contributed by atoms with Crippen LogP contribution in [-0.2, 0) is 0 Å². The second-order valence-corrected chi connectivity index (χ2v) is 6.15. The number of aromatic nitrogens is 1. The zero-order chi connectivity index (χ0) is 19.0. The van der Waals surface area contributed by atoms with Gasteiger partial charge in [0.05, 0.1) is 5.56 Å². The van der Waals surface area contributed by atoms with Gasteiger partial charge in [0.15, 0.2) is 0 Å². The number of anilines is 1. The van der Waals surface area contributed by atoms with Crippen LogP contribution < -0.4 is 11.1 Å². The molecule has 0 atom stereocenters. The summed E-state index contributed by atoms with van der Waals surface area (Å²) >= 11 is 0. The van der Waals surface area contributed by atoms with Gasteiger partial charge in [-0.25, -0.2) is 0 Å². The molecule has 1 aliphatic heterocycles. The maximum Gasteiger partial charge on any atom is 0.274 e. The molecular formula is C20H16N4O3. The number of nitrogens with one attached hydrogen (secondary N) is 1. The number of carbonyl (C=O) groups is 3. The summed E-state index contributed by atoms with van der Waals surface area (Å²) in [5.74, 6) is -1.15. The monoisotopic (exact) mass is 360 g/mol. The highest BCUT2D eigenvalue weighted by Crippen LogP contribution is 2.32. The van der Waals surface area contributed by atoms with Crippen molar-refractivity contribution in [2.45, 2.75) is 0 Å². The maximum absolute atomic E-state index is 12.8. The number of hydrogen-bond donors (Lipinski definition) is 2. The smallest absolute Gasteiger partial charge is 0.274 e. The molecule has 2 heterocycles. The van der Waals surface area contributed by atoms with Crippen molar-refractivity contribution in [3.8, 4) is 0 Å². The molecule has 134 valence electrons. The first-order chi connectivity index (χ1) is 13.1. The molecule has 27 heavy (non-hydrogen) atoms. The third kappa shape index (κ3) is 2.84. The molecule has 0 spiro atoms. The molecule has 0 unspecified atom stereocenters. The molecule has 7 nitrogen and oxygen atoms in total. The highest BCUT2D eigenvalue weighted by Gasteiger charge is 2.32. The van der Waals surface area contributed by atoms with Gasteiger partial charge >= 0.3 is 0 Å². The van der Waals surface area contributed by atoms with E-state index in [0.29, 0.717) is 27.6 Å². The van der Waals surface area contributed by atoms with Gasteiger partial charge in [-0.3, -0.25) is 24.3 Å². The van der Waals surface area contributed by atoms with Crippen molar-refractivity contribution in [1.29, 1.82) is 0 Å². The highest BCUT2D eigenvalue weighted by atomic mass is 16.2. The first-order valence-electron chi connectivity index (χ1n) is 8.45. The number of nitrogens with two attached hydrogens (primary N) is 1. The largest absolute Gasteiger partial charge is 0.329 e. The summed E-state index contributed by atoms with van der Waals surface area (Å²) in [6, 6.07) is 13.6. The maximum atomic E-state index is 12.8. The van der Waals surface area contributed by atoms with Gasteiger partial charge < -0.3 is 11.1 Å². The Morgan fingerprint density at radius 1 is 1.04 bits per heavy atom. The van der Waals surface area contributed by atoms with Crippen molar-refractivity contribution >= 4 is 34.2 Å². The van der Waals surface area contributed by atoms with E-state index >= 15 is 0 Å². The number of hydrogen-bond acceptors (Lipinski definition) is 5. The topological polar surface area (TPSA) is 105 Å². The van der Waals surface area contributed by atoms with E-state index in [1.165, 1.54) is 6.20 Å². The molecule has 0 saturated heterocycles. The lowest BCUT2D eigenvalue weighted by molar-refractivity contribution is 0.0615. The predicted octanol–water partition coefficient (Wildman–Crippen LogP) is 2.04. The summed E-state index contributed by atoms with van der Waals surface area (Å²) in [5.41, 5.74) is 7.10. The summed E-state index contributed by atoms with van der Waals surface area (Å²) in [6.45, 7) is 0.316. The van der Waals surface area contributed by atoms with Crippen LogP contribution >= 0.6 is 0 Å². The van der Waals surface area contributed by atoms with Gasteiger partial charge in [0.25, 0.3) is 17.7 Å². The molecule has 2 aromatic carbocycles. The molecule has 0 saturated carbocycles. The Morgan fingerprint density at radius 2 is 1.85 bits per heavy atom. The van der Waals surface area contributed by atoms with E-state index in [4.69, 9.17) is 5.73 Å². The van der Waals surface area contributed by atoms with Gasteiger partial charge in [-0.15, -0.1) is 0 Å². The van der Waals surface area contributed by atoms with Crippen molar-refractivity contribution in [3.63, 3.8) is 0 Å². The lowest BCUT2D eigenvalue weighted by atomic mass is 9.93. The predicted molar refractivity (Wildman–Crippen MR) is 101 cm³/mol. The van der Waals surface area contributed by atoms with E-state index in [-0.39, 0.29) is 30.6 Å². The van der Waals surface area contributed by atoms with Crippen LogP contribution in [0.25, 0.3) is 10.8 Å². The molecule has 0 radical (unpaired) electrons. The molecule has 3 amide bonds. The minimum atomic E-state index is -0.414. The van der Waals surface area contributed by atoms with E-state index in [1.54, 1.807) is 48.5 Å². The van der Waals surface area contributed by atoms with Crippen LogP contribution in [0.4, 0.5) is 5.69 Å². The number of pyridine rings is 1. The molecule has 1 aliphatic rings. The van der Waals surface area contributed by atoms with Crippen LogP contribution in [0.2, 0.25) is 0 Å². The Balaban J connectivity index is 1.80. The quantitative estimate of drug-likeness (QED) is 0.693. The minimum absolute atomic E-state index is 0.137. The summed E-state index contributed by atoms with van der Waals surface area (Å²) in [5, 5.41) is 4.06. The summed E-state index contributed by atoms with van der Waals surface area (Å²) in [7, 11) is 0. The molecular weight excluding hydrogens is 344 g/mol. The van der Waals surface area contributed by atoms with Crippen LogP contribution in [0.5, 0.6) is 0 Å². The lowest BCUT2D eigenvalue weighted by Crippen LogP contribution is -2.43. The van der Waals surface area contributed by atoms with Crippen LogP contribution in [0, 0.1) is 0 Å². The average Bonchev–Trinajstić information content (AvgIpc) is 2.69. The molecule has 4 rings (SSSR count). The number of carbonyl (C=O) groups excluding carboxylic acids is 3. The van der Waals surface area contributed by atoms with Crippen LogP contribution in [0.1, 0.15) is 31.2 Å². The standard InChI is InChI=1S/C20H16N4O3/c21-7-9-24-19(26)14-5-3-4-12-10-13(11-15(17(12)14)20(24)27)23-18(25)16-6-1-2-8-22-16/h1-6,8,10-11H,7,9,21H2,(H,23,25). The van der Waals surface area contributed by atoms with Crippen molar-refractivity contribution in [2.75, 3.05) is 18.4 Å². The van der Waals surface area contributed by atoms with Crippen molar-refractivity contribution < 1.29 is 14.4 Å². The number of rotatable bonds is 4. The van der Waals surface area contributed by atoms with Crippen molar-refractivity contribution in [2.24, 2.45) is 5.73 Å². The Morgan fingerprint density at radius 3 is 2.59 bits per heavy atom. The second kappa shape index (κ2) is 6.62. The molecule has 3 N–H and O–H groups in total. The number of nitrogens with zero attached hydrogens (tertiary/aromatic N) is 2. The number of amides is 3. The van der Waals surface area contributed by atoms with Gasteiger partial charge in [-0.05, 0) is 35.7 Å². The fourth-order valence-corrected chi connectivity index (χ4v) is 3.25. The summed E-state index contributed by atoms with van der Waals surface area (Å²) in [6.07, 6.45) is 1.53. The normalized spacial score (nSPS) is 13.1. The molecule has 0 bridgehead atoms. The van der Waals surface area contributed by atoms with Crippen molar-refractivity contribution in [3.05, 3.63) is 71.5 Å². The first-order valence-corrected chi connectivity index (χ1v) is 8.45. The molecule has 1 aromatic heterocycles. The fraction of sp³-hybridized carbons (Fsp3) is 0.100. The van der Waals surface area contributed by atoms with E-state index in [0.717, 1.165) is 4.90 Å². The highest BCUT2D eigenvalue weighted by molar-refractivity contribution is 6.26. The summed E-state index contributed by atoms with van der Waals surface area (Å²) < 4.78 is 0. The van der Waals surface area contributed by atoms with Crippen LogP contribution in [0.15, 0.2) is 54.7 Å². The Labute approximate surface area is 154 Å². The molecule has 3 aromatic rings. The third-order valence-corrected chi connectivity index (χ3v) is 4.44. The second-order valence-electron chi connectivity index (χ2n) is 6.15. The van der Waals surface area contributed by atoms with Gasteiger partial charge in [-0.1, -0.05) is 18.2 Å². The SMILES string of the molecule is NCCN1C(=O)c2cccc3cc(NC(=O)c4ccccn4)cc(c23)C1=O. The lowest BCUT2D eigenvalue weighted by Gasteiger charge is -2.27. The number of imide groups is 1. The minimum Gasteiger partial charge on any atom is -0.329 e. The Kier molecular flexibility index (Phi) is 4.13. The molecule has 0 aliphatic carbocycles. The summed E-state index contributed by atoms with van der Waals surface area (Å²) in [4.78, 5) is 43.0. The fourth-order valence-electron chi connectivity index (χ4n) is 3.25. The Hall–Kier alpha value is -3.58. The van der Waals surface area contributed by atoms with Crippen LogP contribution in [0.3, 0.4) is 0 Å². The van der Waals surface area contributed by atoms with Crippen LogP contribution in [-0.4, -0.2) is 40.7 Å². The first kappa shape index (κ1) is 16.9.